The van der Waals surface area contributed by atoms with E-state index < -0.39 is 5.54 Å². The molecule has 0 bridgehead atoms. The van der Waals surface area contributed by atoms with Crippen molar-refractivity contribution in [2.75, 3.05) is 20.7 Å². The fraction of sp³-hybridized carbons (Fsp3) is 0.941. The average Bonchev–Trinajstić information content (AvgIpc) is 3.12. The Bertz CT molecular complexity index is 372. The number of rotatable bonds is 6. The molecule has 1 N–H and O–H groups in total. The normalized spacial score (nSPS) is 36.0. The summed E-state index contributed by atoms with van der Waals surface area (Å²) in [6.07, 6.45) is 5.40. The topological polar surface area (TPSA) is 41.6 Å². The molecular weight excluding hydrogens is 264 g/mol. The van der Waals surface area contributed by atoms with Crippen LogP contribution < -0.4 is 5.32 Å². The van der Waals surface area contributed by atoms with Crippen molar-refractivity contribution >= 4 is 5.97 Å². The molecule has 0 aromatic rings. The smallest absolute Gasteiger partial charge is 0.326 e. The van der Waals surface area contributed by atoms with Crippen LogP contribution in [0.4, 0.5) is 0 Å². The Hall–Kier alpha value is -0.610. The van der Waals surface area contributed by atoms with Crippen molar-refractivity contribution < 1.29 is 9.53 Å². The second-order valence-electron chi connectivity index (χ2n) is 7.54. The Morgan fingerprint density at radius 1 is 1.48 bits per heavy atom. The first-order valence-corrected chi connectivity index (χ1v) is 8.44. The lowest BCUT2D eigenvalue weighted by molar-refractivity contribution is -0.151. The minimum Gasteiger partial charge on any atom is -0.468 e. The third-order valence-electron chi connectivity index (χ3n) is 5.29. The van der Waals surface area contributed by atoms with Gasteiger partial charge in [0.25, 0.3) is 0 Å². The standard InChI is InChI=1S/C17H32N2O2/c1-12(2)18-17(16(20)21-5)8-6-7-15(10-17)19(4)11-14-9-13(14)3/h12-15,18H,6-11H2,1-5H3. The van der Waals surface area contributed by atoms with Crippen molar-refractivity contribution in [2.24, 2.45) is 11.8 Å². The highest BCUT2D eigenvalue weighted by atomic mass is 16.5. The van der Waals surface area contributed by atoms with Gasteiger partial charge < -0.3 is 9.64 Å². The van der Waals surface area contributed by atoms with Crippen molar-refractivity contribution in [3.05, 3.63) is 0 Å². The van der Waals surface area contributed by atoms with E-state index in [1.54, 1.807) is 0 Å². The van der Waals surface area contributed by atoms with Crippen LogP contribution in [-0.4, -0.2) is 49.2 Å². The van der Waals surface area contributed by atoms with Gasteiger partial charge >= 0.3 is 5.97 Å². The SMILES string of the molecule is COC(=O)C1(NC(C)C)CCCC(N(C)CC2CC2C)C1. The van der Waals surface area contributed by atoms with E-state index in [0.29, 0.717) is 6.04 Å². The molecule has 0 saturated heterocycles. The number of nitrogens with zero attached hydrogens (tertiary/aromatic N) is 1. The number of hydrogen-bond acceptors (Lipinski definition) is 4. The van der Waals surface area contributed by atoms with Gasteiger partial charge in [0.2, 0.25) is 0 Å². The van der Waals surface area contributed by atoms with Crippen LogP contribution in [0.2, 0.25) is 0 Å². The Morgan fingerprint density at radius 3 is 2.67 bits per heavy atom. The molecule has 4 atom stereocenters. The Labute approximate surface area is 129 Å². The quantitative estimate of drug-likeness (QED) is 0.764. The van der Waals surface area contributed by atoms with Crippen LogP contribution in [0.25, 0.3) is 0 Å². The number of ether oxygens (including phenoxy) is 1. The highest BCUT2D eigenvalue weighted by molar-refractivity contribution is 5.81. The summed E-state index contributed by atoms with van der Waals surface area (Å²) >= 11 is 0. The van der Waals surface area contributed by atoms with Crippen LogP contribution in [0.1, 0.15) is 52.9 Å². The average molecular weight is 296 g/mol. The third-order valence-corrected chi connectivity index (χ3v) is 5.29. The van der Waals surface area contributed by atoms with E-state index in [4.69, 9.17) is 4.74 Å². The van der Waals surface area contributed by atoms with Gasteiger partial charge in [-0.25, -0.2) is 0 Å². The Morgan fingerprint density at radius 2 is 2.14 bits per heavy atom. The van der Waals surface area contributed by atoms with Crippen molar-refractivity contribution in [3.63, 3.8) is 0 Å². The number of carbonyl (C=O) groups is 1. The predicted molar refractivity (Wildman–Crippen MR) is 85.2 cm³/mol. The highest BCUT2D eigenvalue weighted by Gasteiger charge is 2.45. The van der Waals surface area contributed by atoms with Crippen LogP contribution in [0, 0.1) is 11.8 Å². The van der Waals surface area contributed by atoms with Gasteiger partial charge in [0.15, 0.2) is 0 Å². The minimum atomic E-state index is -0.491. The van der Waals surface area contributed by atoms with Gasteiger partial charge in [-0.05, 0) is 64.8 Å². The van der Waals surface area contributed by atoms with Crippen LogP contribution in [-0.2, 0) is 9.53 Å². The van der Waals surface area contributed by atoms with Crippen LogP contribution in [0.15, 0.2) is 0 Å². The molecule has 0 aliphatic heterocycles. The maximum atomic E-state index is 12.4. The fourth-order valence-corrected chi connectivity index (χ4v) is 3.92. The molecule has 0 aromatic heterocycles. The van der Waals surface area contributed by atoms with E-state index in [-0.39, 0.29) is 12.0 Å². The summed E-state index contributed by atoms with van der Waals surface area (Å²) in [7, 11) is 3.73. The first kappa shape index (κ1) is 16.8. The van der Waals surface area contributed by atoms with E-state index in [9.17, 15) is 4.79 Å². The molecule has 0 aromatic carbocycles. The van der Waals surface area contributed by atoms with Crippen molar-refractivity contribution in [2.45, 2.75) is 70.5 Å². The molecule has 0 amide bonds. The van der Waals surface area contributed by atoms with E-state index in [0.717, 1.165) is 31.1 Å². The number of carbonyl (C=O) groups excluding carboxylic acids is 1. The lowest BCUT2D eigenvalue weighted by Gasteiger charge is -2.43. The van der Waals surface area contributed by atoms with Crippen LogP contribution in [0.5, 0.6) is 0 Å². The lowest BCUT2D eigenvalue weighted by atomic mass is 9.78. The minimum absolute atomic E-state index is 0.0888. The van der Waals surface area contributed by atoms with Gasteiger partial charge in [0, 0.05) is 18.6 Å². The number of esters is 1. The molecule has 4 heteroatoms. The molecule has 4 nitrogen and oxygen atoms in total. The predicted octanol–water partition coefficient (Wildman–Crippen LogP) is 2.43. The molecule has 2 aliphatic carbocycles. The second-order valence-corrected chi connectivity index (χ2v) is 7.54. The van der Waals surface area contributed by atoms with Crippen molar-refractivity contribution in [3.8, 4) is 0 Å². The summed E-state index contributed by atoms with van der Waals surface area (Å²) in [5.41, 5.74) is -0.491. The first-order valence-electron chi connectivity index (χ1n) is 8.44. The maximum Gasteiger partial charge on any atom is 0.326 e. The lowest BCUT2D eigenvalue weighted by Crippen LogP contribution is -2.60. The summed E-state index contributed by atoms with van der Waals surface area (Å²) in [4.78, 5) is 14.9. The first-order chi connectivity index (χ1) is 9.88. The van der Waals surface area contributed by atoms with E-state index in [1.165, 1.54) is 26.5 Å². The van der Waals surface area contributed by atoms with Gasteiger partial charge in [-0.15, -0.1) is 0 Å². The van der Waals surface area contributed by atoms with E-state index in [2.05, 4.69) is 38.0 Å². The van der Waals surface area contributed by atoms with Crippen molar-refractivity contribution in [1.29, 1.82) is 0 Å². The zero-order valence-corrected chi connectivity index (χ0v) is 14.3. The van der Waals surface area contributed by atoms with Gasteiger partial charge in [-0.1, -0.05) is 6.92 Å². The molecule has 0 heterocycles. The third kappa shape index (κ3) is 3.98. The van der Waals surface area contributed by atoms with E-state index in [1.807, 2.05) is 0 Å². The number of hydrogen-bond donors (Lipinski definition) is 1. The fourth-order valence-electron chi connectivity index (χ4n) is 3.92. The van der Waals surface area contributed by atoms with Gasteiger partial charge in [0.05, 0.1) is 7.11 Å². The van der Waals surface area contributed by atoms with Gasteiger partial charge in [0.1, 0.15) is 5.54 Å². The molecule has 21 heavy (non-hydrogen) atoms. The summed E-state index contributed by atoms with van der Waals surface area (Å²) < 4.78 is 5.11. The Balaban J connectivity index is 2.02. The molecule has 0 radical (unpaired) electrons. The summed E-state index contributed by atoms with van der Waals surface area (Å²) in [5, 5.41) is 3.51. The number of methoxy groups -OCH3 is 1. The monoisotopic (exact) mass is 296 g/mol. The highest BCUT2D eigenvalue weighted by Crippen LogP contribution is 2.40. The molecule has 0 spiro atoms. The largest absolute Gasteiger partial charge is 0.468 e. The molecule has 2 rings (SSSR count). The molecule has 122 valence electrons. The molecule has 4 unspecified atom stereocenters. The molecule has 2 fully saturated rings. The van der Waals surface area contributed by atoms with Crippen molar-refractivity contribution in [1.82, 2.24) is 10.2 Å². The molecular formula is C17H32N2O2. The number of nitrogens with one attached hydrogen (secondary N) is 1. The zero-order chi connectivity index (χ0) is 15.6. The molecule has 2 saturated carbocycles. The Kier molecular flexibility index (Phi) is 5.31. The molecule has 2 aliphatic rings. The van der Waals surface area contributed by atoms with Crippen LogP contribution >= 0.6 is 0 Å². The zero-order valence-electron chi connectivity index (χ0n) is 14.3. The van der Waals surface area contributed by atoms with Gasteiger partial charge in [-0.3, -0.25) is 10.1 Å². The second kappa shape index (κ2) is 6.66. The van der Waals surface area contributed by atoms with Crippen LogP contribution in [0.3, 0.4) is 0 Å². The summed E-state index contributed by atoms with van der Waals surface area (Å²) in [5.74, 6) is 1.66. The van der Waals surface area contributed by atoms with E-state index >= 15 is 0 Å². The van der Waals surface area contributed by atoms with Gasteiger partial charge in [-0.2, -0.15) is 0 Å². The maximum absolute atomic E-state index is 12.4. The summed E-state index contributed by atoms with van der Waals surface area (Å²) in [6, 6.07) is 0.772. The summed E-state index contributed by atoms with van der Waals surface area (Å²) in [6.45, 7) is 7.71.